The van der Waals surface area contributed by atoms with Gasteiger partial charge in [0.15, 0.2) is 0 Å². The topological polar surface area (TPSA) is 90.3 Å². The van der Waals surface area contributed by atoms with E-state index < -0.39 is 16.1 Å². The highest BCUT2D eigenvalue weighted by Crippen LogP contribution is 2.39. The molecule has 1 fully saturated rings. The van der Waals surface area contributed by atoms with E-state index in [4.69, 9.17) is 11.6 Å². The fraction of sp³-hybridized carbons (Fsp3) is 0.429. The van der Waals surface area contributed by atoms with Crippen molar-refractivity contribution in [3.8, 4) is 6.07 Å². The molecule has 2 heterocycles. The monoisotopic (exact) mass is 463 g/mol. The summed E-state index contributed by atoms with van der Waals surface area (Å²) in [6.45, 7) is 2.47. The molecule has 4 rings (SSSR count). The Bertz CT molecular complexity index is 1120. The number of nitrogens with one attached hydrogen (secondary N) is 1. The second kappa shape index (κ2) is 8.31. The summed E-state index contributed by atoms with van der Waals surface area (Å²) in [6, 6.07) is 7.39. The molecular formula is C21H22ClN3O3S2. The minimum absolute atomic E-state index is 0.116. The highest BCUT2D eigenvalue weighted by molar-refractivity contribution is 7.89. The van der Waals surface area contributed by atoms with Gasteiger partial charge in [-0.1, -0.05) is 18.5 Å². The molecule has 1 aliphatic carbocycles. The number of thiophene rings is 1. The first kappa shape index (κ1) is 21.3. The first-order valence-corrected chi connectivity index (χ1v) is 12.6. The number of carbonyl (C=O) groups excluding carboxylic acids is 1. The van der Waals surface area contributed by atoms with Crippen molar-refractivity contribution >= 4 is 43.9 Å². The molecular weight excluding hydrogens is 442 g/mol. The van der Waals surface area contributed by atoms with Gasteiger partial charge in [0, 0.05) is 16.4 Å². The lowest BCUT2D eigenvalue weighted by Gasteiger charge is -2.23. The number of rotatable bonds is 4. The molecule has 1 aromatic carbocycles. The van der Waals surface area contributed by atoms with Crippen molar-refractivity contribution in [2.24, 2.45) is 5.92 Å². The summed E-state index contributed by atoms with van der Waals surface area (Å²) in [7, 11) is -3.81. The lowest BCUT2D eigenvalue weighted by atomic mass is 9.88. The fourth-order valence-electron chi connectivity index (χ4n) is 4.18. The number of halogens is 1. The summed E-state index contributed by atoms with van der Waals surface area (Å²) in [5.74, 6) is 0.175. The molecule has 1 aliphatic heterocycles. The summed E-state index contributed by atoms with van der Waals surface area (Å²) in [4.78, 5) is 14.3. The zero-order chi connectivity index (χ0) is 21.5. The van der Waals surface area contributed by atoms with Gasteiger partial charge in [-0.05, 0) is 67.9 Å². The minimum Gasteiger partial charge on any atom is -0.315 e. The van der Waals surface area contributed by atoms with Crippen molar-refractivity contribution in [3.05, 3.63) is 45.3 Å². The maximum absolute atomic E-state index is 13.1. The van der Waals surface area contributed by atoms with E-state index in [-0.39, 0.29) is 17.3 Å². The molecule has 6 nitrogen and oxygen atoms in total. The van der Waals surface area contributed by atoms with E-state index in [0.29, 0.717) is 34.3 Å². The maximum atomic E-state index is 13.1. The number of benzene rings is 1. The van der Waals surface area contributed by atoms with Gasteiger partial charge in [0.2, 0.25) is 15.9 Å². The first-order chi connectivity index (χ1) is 14.3. The summed E-state index contributed by atoms with van der Waals surface area (Å²) >= 11 is 7.32. The van der Waals surface area contributed by atoms with Crippen molar-refractivity contribution in [1.82, 2.24) is 4.31 Å². The van der Waals surface area contributed by atoms with Crippen LogP contribution in [0.5, 0.6) is 0 Å². The molecule has 2 aromatic rings. The van der Waals surface area contributed by atoms with E-state index in [1.807, 2.05) is 0 Å². The quantitative estimate of drug-likeness (QED) is 0.736. The van der Waals surface area contributed by atoms with Gasteiger partial charge in [-0.2, -0.15) is 9.57 Å². The maximum Gasteiger partial charge on any atom is 0.243 e. The van der Waals surface area contributed by atoms with E-state index in [0.717, 1.165) is 29.7 Å². The SMILES string of the molecule is CC1CCc2c(sc(NC(=O)C3CCCN3S(=O)(=O)c3ccc(Cl)cc3)c2C#N)C1. The lowest BCUT2D eigenvalue weighted by Crippen LogP contribution is -2.43. The Labute approximate surface area is 185 Å². The van der Waals surface area contributed by atoms with Crippen LogP contribution in [0.1, 0.15) is 42.2 Å². The van der Waals surface area contributed by atoms with Gasteiger partial charge in [0.05, 0.1) is 10.5 Å². The second-order valence-corrected chi connectivity index (χ2v) is 11.3. The third-order valence-electron chi connectivity index (χ3n) is 5.79. The van der Waals surface area contributed by atoms with Gasteiger partial charge in [-0.25, -0.2) is 8.42 Å². The number of amides is 1. The Morgan fingerprint density at radius 3 is 2.73 bits per heavy atom. The Morgan fingerprint density at radius 1 is 1.30 bits per heavy atom. The van der Waals surface area contributed by atoms with Gasteiger partial charge in [-0.3, -0.25) is 4.79 Å². The molecule has 9 heteroatoms. The molecule has 0 spiro atoms. The van der Waals surface area contributed by atoms with Crippen LogP contribution >= 0.6 is 22.9 Å². The number of nitriles is 1. The van der Waals surface area contributed by atoms with Crippen molar-refractivity contribution in [2.45, 2.75) is 50.0 Å². The van der Waals surface area contributed by atoms with Crippen LogP contribution in [0.4, 0.5) is 5.00 Å². The number of sulfonamides is 1. The minimum atomic E-state index is -3.81. The number of fused-ring (bicyclic) bond motifs is 1. The molecule has 2 aliphatic rings. The van der Waals surface area contributed by atoms with Crippen LogP contribution in [-0.4, -0.2) is 31.2 Å². The second-order valence-electron chi connectivity index (χ2n) is 7.88. The highest BCUT2D eigenvalue weighted by Gasteiger charge is 2.40. The van der Waals surface area contributed by atoms with Crippen LogP contribution in [0.25, 0.3) is 0 Å². The molecule has 2 atom stereocenters. The van der Waals surface area contributed by atoms with Crippen LogP contribution in [0.15, 0.2) is 29.2 Å². The Morgan fingerprint density at radius 2 is 2.03 bits per heavy atom. The van der Waals surface area contributed by atoms with Crippen LogP contribution < -0.4 is 5.32 Å². The van der Waals surface area contributed by atoms with E-state index in [1.165, 1.54) is 39.9 Å². The number of hydrogen-bond donors (Lipinski definition) is 1. The zero-order valence-electron chi connectivity index (χ0n) is 16.5. The number of hydrogen-bond acceptors (Lipinski definition) is 5. The van der Waals surface area contributed by atoms with Crippen molar-refractivity contribution in [2.75, 3.05) is 11.9 Å². The third-order valence-corrected chi connectivity index (χ3v) is 9.13. The van der Waals surface area contributed by atoms with Crippen molar-refractivity contribution in [1.29, 1.82) is 5.26 Å². The molecule has 2 unspecified atom stereocenters. The van der Waals surface area contributed by atoms with Crippen LogP contribution in [-0.2, 0) is 27.7 Å². The van der Waals surface area contributed by atoms with E-state index in [2.05, 4.69) is 18.3 Å². The predicted molar refractivity (Wildman–Crippen MR) is 117 cm³/mol. The summed E-state index contributed by atoms with van der Waals surface area (Å²) in [6.07, 6.45) is 3.83. The van der Waals surface area contributed by atoms with Gasteiger partial charge in [-0.15, -0.1) is 11.3 Å². The molecule has 1 saturated heterocycles. The Balaban J connectivity index is 1.58. The molecule has 30 heavy (non-hydrogen) atoms. The van der Waals surface area contributed by atoms with E-state index >= 15 is 0 Å². The third kappa shape index (κ3) is 3.87. The van der Waals surface area contributed by atoms with Crippen LogP contribution in [0, 0.1) is 17.2 Å². The lowest BCUT2D eigenvalue weighted by molar-refractivity contribution is -0.119. The molecule has 1 aromatic heterocycles. The van der Waals surface area contributed by atoms with E-state index in [1.54, 1.807) is 0 Å². The molecule has 1 amide bonds. The molecule has 1 N–H and O–H groups in total. The molecule has 0 radical (unpaired) electrons. The van der Waals surface area contributed by atoms with Gasteiger partial charge in [0.1, 0.15) is 17.1 Å². The highest BCUT2D eigenvalue weighted by atomic mass is 35.5. The summed E-state index contributed by atoms with van der Waals surface area (Å²) in [5.41, 5.74) is 1.56. The van der Waals surface area contributed by atoms with Crippen LogP contribution in [0.2, 0.25) is 5.02 Å². The standard InChI is InChI=1S/C21H22ClN3O3S2/c1-13-4-9-16-17(12-23)21(29-19(16)11-13)24-20(26)18-3-2-10-25(18)30(27,28)15-7-5-14(22)6-8-15/h5-8,13,18H,2-4,9-11H2,1H3,(H,24,26). The van der Waals surface area contributed by atoms with Crippen molar-refractivity contribution < 1.29 is 13.2 Å². The average Bonchev–Trinajstić information content (AvgIpc) is 3.32. The normalized spacial score (nSPS) is 21.8. The Hall–Kier alpha value is -1.92. The number of nitrogens with zero attached hydrogens (tertiary/aromatic N) is 2. The van der Waals surface area contributed by atoms with Gasteiger partial charge in [0.25, 0.3) is 0 Å². The smallest absolute Gasteiger partial charge is 0.243 e. The number of anilines is 1. The van der Waals surface area contributed by atoms with Gasteiger partial charge < -0.3 is 5.32 Å². The largest absolute Gasteiger partial charge is 0.315 e. The van der Waals surface area contributed by atoms with Gasteiger partial charge >= 0.3 is 0 Å². The predicted octanol–water partition coefficient (Wildman–Crippen LogP) is 4.19. The van der Waals surface area contributed by atoms with E-state index in [9.17, 15) is 18.5 Å². The zero-order valence-corrected chi connectivity index (χ0v) is 18.9. The fourth-order valence-corrected chi connectivity index (χ4v) is 7.33. The molecule has 0 bridgehead atoms. The summed E-state index contributed by atoms with van der Waals surface area (Å²) in [5, 5.41) is 13.5. The molecule has 158 valence electrons. The molecule has 0 saturated carbocycles. The van der Waals surface area contributed by atoms with Crippen LogP contribution in [0.3, 0.4) is 0 Å². The first-order valence-electron chi connectivity index (χ1n) is 9.94. The van der Waals surface area contributed by atoms with Crippen molar-refractivity contribution in [3.63, 3.8) is 0 Å². The number of carbonyl (C=O) groups is 1. The average molecular weight is 464 g/mol. The summed E-state index contributed by atoms with van der Waals surface area (Å²) < 4.78 is 27.4. The Kier molecular flexibility index (Phi) is 5.90.